The Morgan fingerprint density at radius 2 is 1.81 bits per heavy atom. The van der Waals surface area contributed by atoms with Crippen molar-refractivity contribution in [3.63, 3.8) is 0 Å². The van der Waals surface area contributed by atoms with Crippen molar-refractivity contribution < 1.29 is 17.6 Å². The van der Waals surface area contributed by atoms with E-state index < -0.39 is 35.5 Å². The smallest absolute Gasteiger partial charge is 0.321 e. The number of benzene rings is 1. The summed E-state index contributed by atoms with van der Waals surface area (Å²) >= 11 is 0. The van der Waals surface area contributed by atoms with Crippen LogP contribution in [0.1, 0.15) is 42.7 Å². The van der Waals surface area contributed by atoms with Crippen LogP contribution in [0, 0.1) is 11.8 Å². The number of aryl methyl sites for hydroxylation is 1. The van der Waals surface area contributed by atoms with Gasteiger partial charge in [0.2, 0.25) is 5.95 Å². The van der Waals surface area contributed by atoms with Gasteiger partial charge in [-0.25, -0.2) is 14.4 Å². The van der Waals surface area contributed by atoms with Gasteiger partial charge >= 0.3 is 6.55 Å². The molecule has 1 N–H and O–H groups in total. The topological polar surface area (TPSA) is 59.3 Å². The minimum Gasteiger partial charge on any atom is -0.364 e. The van der Waals surface area contributed by atoms with Crippen LogP contribution < -0.4 is 10.9 Å². The maximum absolute atomic E-state index is 13.6. The molecule has 2 aromatic heterocycles. The summed E-state index contributed by atoms with van der Waals surface area (Å²) in [6, 6.07) is 9.57. The molecule has 166 valence electrons. The summed E-state index contributed by atoms with van der Waals surface area (Å²) < 4.78 is 54.4. The van der Waals surface area contributed by atoms with Crippen molar-refractivity contribution >= 4 is 5.84 Å². The molecule has 0 unspecified atom stereocenters. The Morgan fingerprint density at radius 1 is 1.12 bits per heavy atom. The van der Waals surface area contributed by atoms with Crippen LogP contribution in [0.4, 0.5) is 17.6 Å². The highest BCUT2D eigenvalue weighted by atomic mass is 19.3. The van der Waals surface area contributed by atoms with E-state index in [1.54, 1.807) is 19.1 Å². The van der Waals surface area contributed by atoms with E-state index in [2.05, 4.69) is 10.3 Å². The Labute approximate surface area is 181 Å². The number of rotatable bonds is 5. The number of amidine groups is 1. The summed E-state index contributed by atoms with van der Waals surface area (Å²) in [4.78, 5) is 20.8. The number of aromatic nitrogens is 2. The summed E-state index contributed by atoms with van der Waals surface area (Å²) in [6.07, 6.45) is 2.68. The first-order valence-corrected chi connectivity index (χ1v) is 10.0. The molecule has 0 saturated carbocycles. The van der Waals surface area contributed by atoms with E-state index >= 15 is 0 Å². The summed E-state index contributed by atoms with van der Waals surface area (Å²) in [5.74, 6) is -0.807. The second-order valence-corrected chi connectivity index (χ2v) is 7.57. The van der Waals surface area contributed by atoms with E-state index in [9.17, 15) is 22.4 Å². The number of alkyl halides is 2. The Bertz CT molecular complexity index is 1170. The van der Waals surface area contributed by atoms with E-state index in [-0.39, 0.29) is 17.8 Å². The molecular weight excluding hydrogens is 424 g/mol. The molecule has 0 fully saturated rings. The molecule has 4 rings (SSSR count). The van der Waals surface area contributed by atoms with Crippen LogP contribution >= 0.6 is 0 Å². The van der Waals surface area contributed by atoms with Crippen LogP contribution in [0.25, 0.3) is 0 Å². The molecule has 1 aliphatic rings. The predicted octanol–water partition coefficient (Wildman–Crippen LogP) is 4.16. The first-order valence-electron chi connectivity index (χ1n) is 10.0. The molecular formula is C23H20F4N4O. The maximum atomic E-state index is 13.6. The molecule has 0 bridgehead atoms. The number of hydrogen-bond donors (Lipinski definition) is 1. The zero-order chi connectivity index (χ0) is 23.0. The van der Waals surface area contributed by atoms with Crippen LogP contribution in [-0.2, 0) is 12.0 Å². The largest absolute Gasteiger partial charge is 0.364 e. The number of nitrogens with zero attached hydrogens (tertiary/aromatic N) is 3. The van der Waals surface area contributed by atoms with Crippen molar-refractivity contribution in [2.45, 2.75) is 38.4 Å². The molecule has 1 aromatic carbocycles. The minimum absolute atomic E-state index is 0.225. The normalized spacial score (nSPS) is 20.3. The Balaban J connectivity index is 1.94. The third-order valence-electron chi connectivity index (χ3n) is 5.70. The van der Waals surface area contributed by atoms with Crippen molar-refractivity contribution in [3.8, 4) is 0 Å². The number of pyridine rings is 2. The van der Waals surface area contributed by atoms with Gasteiger partial charge in [0.1, 0.15) is 17.2 Å². The first-order chi connectivity index (χ1) is 15.3. The predicted molar refractivity (Wildman–Crippen MR) is 112 cm³/mol. The molecule has 0 amide bonds. The number of hydrogen-bond acceptors (Lipinski definition) is 4. The van der Waals surface area contributed by atoms with Gasteiger partial charge in [-0.15, -0.1) is 0 Å². The average molecular weight is 444 g/mol. The number of halogens is 4. The fourth-order valence-corrected chi connectivity index (χ4v) is 4.05. The molecule has 0 spiro atoms. The monoisotopic (exact) mass is 444 g/mol. The van der Waals surface area contributed by atoms with E-state index in [1.165, 1.54) is 36.5 Å². The third kappa shape index (κ3) is 3.57. The van der Waals surface area contributed by atoms with Gasteiger partial charge in [-0.05, 0) is 43.2 Å². The molecule has 3 aromatic rings. The van der Waals surface area contributed by atoms with Crippen molar-refractivity contribution in [2.24, 2.45) is 4.99 Å². The van der Waals surface area contributed by atoms with Crippen molar-refractivity contribution in [3.05, 3.63) is 99.2 Å². The van der Waals surface area contributed by atoms with Crippen LogP contribution in [0.5, 0.6) is 0 Å². The molecule has 1 aliphatic heterocycles. The highest BCUT2D eigenvalue weighted by Crippen LogP contribution is 2.40. The molecule has 0 saturated heterocycles. The second-order valence-electron chi connectivity index (χ2n) is 7.57. The van der Waals surface area contributed by atoms with Gasteiger partial charge in [-0.1, -0.05) is 25.1 Å². The zero-order valence-electron chi connectivity index (χ0n) is 17.3. The number of aliphatic imine (C=N–C) groups is 1. The lowest BCUT2D eigenvalue weighted by Gasteiger charge is -2.31. The van der Waals surface area contributed by atoms with E-state index in [0.29, 0.717) is 21.3 Å². The Hall–Kier alpha value is -3.49. The van der Waals surface area contributed by atoms with Gasteiger partial charge in [-0.3, -0.25) is 9.36 Å². The lowest BCUT2D eigenvalue weighted by molar-refractivity contribution is 0.0660. The van der Waals surface area contributed by atoms with E-state index in [1.807, 2.05) is 6.92 Å². The lowest BCUT2D eigenvalue weighted by atomic mass is 9.79. The second kappa shape index (κ2) is 8.22. The van der Waals surface area contributed by atoms with Gasteiger partial charge in [0.15, 0.2) is 0 Å². The van der Waals surface area contributed by atoms with Crippen molar-refractivity contribution in [2.75, 3.05) is 0 Å². The first kappa shape index (κ1) is 21.7. The molecule has 2 atom stereocenters. The molecule has 0 radical (unpaired) electrons. The molecule has 3 heterocycles. The van der Waals surface area contributed by atoms with E-state index in [4.69, 9.17) is 4.99 Å². The minimum atomic E-state index is -3.00. The van der Waals surface area contributed by atoms with Crippen LogP contribution in [0.3, 0.4) is 0 Å². The maximum Gasteiger partial charge on any atom is 0.321 e. The van der Waals surface area contributed by atoms with Gasteiger partial charge in [0.25, 0.3) is 5.56 Å². The van der Waals surface area contributed by atoms with Crippen LogP contribution in [0.15, 0.2) is 64.6 Å². The van der Waals surface area contributed by atoms with Crippen LogP contribution in [-0.4, -0.2) is 21.4 Å². The molecule has 9 heteroatoms. The fraction of sp³-hybridized carbons (Fsp3) is 0.261. The summed E-state index contributed by atoms with van der Waals surface area (Å²) in [7, 11) is 0. The number of nitrogens with one attached hydrogen (secondary N) is 1. The van der Waals surface area contributed by atoms with Gasteiger partial charge < -0.3 is 5.32 Å². The summed E-state index contributed by atoms with van der Waals surface area (Å²) in [5, 5.41) is 3.20. The summed E-state index contributed by atoms with van der Waals surface area (Å²) in [5.41, 5.74) is -0.193. The SMILES string of the molecule is CCc1cc(C2=N[C@@](c3ccc(F)cc3)(c3ccc(F)nc3)[C@H](C)N2)cn(C(F)F)c1=O. The van der Waals surface area contributed by atoms with Crippen molar-refractivity contribution in [1.82, 2.24) is 14.9 Å². The van der Waals surface area contributed by atoms with Crippen molar-refractivity contribution in [1.29, 1.82) is 0 Å². The molecule has 5 nitrogen and oxygen atoms in total. The highest BCUT2D eigenvalue weighted by Gasteiger charge is 2.45. The Morgan fingerprint density at radius 3 is 2.41 bits per heavy atom. The molecule has 0 aliphatic carbocycles. The quantitative estimate of drug-likeness (QED) is 0.475. The van der Waals surface area contributed by atoms with Crippen LogP contribution in [0.2, 0.25) is 0 Å². The summed E-state index contributed by atoms with van der Waals surface area (Å²) in [6.45, 7) is 0.526. The third-order valence-corrected chi connectivity index (χ3v) is 5.70. The van der Waals surface area contributed by atoms with Gasteiger partial charge in [0, 0.05) is 29.1 Å². The lowest BCUT2D eigenvalue weighted by Crippen LogP contribution is -2.41. The highest BCUT2D eigenvalue weighted by molar-refractivity contribution is 6.01. The van der Waals surface area contributed by atoms with Gasteiger partial charge in [-0.2, -0.15) is 13.2 Å². The average Bonchev–Trinajstić information content (AvgIpc) is 3.12. The van der Waals surface area contributed by atoms with E-state index in [0.717, 1.165) is 6.20 Å². The Kier molecular flexibility index (Phi) is 5.58. The zero-order valence-corrected chi connectivity index (χ0v) is 17.3. The fourth-order valence-electron chi connectivity index (χ4n) is 4.05. The molecule has 32 heavy (non-hydrogen) atoms. The standard InChI is InChI=1S/C23H20F4N4O/c1-3-14-10-15(12-31(21(14)32)22(26)27)20-29-13(2)23(30-20,16-4-7-18(24)8-5-16)17-6-9-19(25)28-11-17/h4-13,22H,3H2,1-2H3,(H,29,30)/t13-,23-/m0/s1. The van der Waals surface area contributed by atoms with Gasteiger partial charge in [0.05, 0.1) is 6.04 Å².